The van der Waals surface area contributed by atoms with Gasteiger partial charge in [-0.3, -0.25) is 0 Å². The normalized spacial score (nSPS) is 9.67. The Morgan fingerprint density at radius 1 is 1.27 bits per heavy atom. The van der Waals surface area contributed by atoms with Gasteiger partial charge in [0.1, 0.15) is 0 Å². The zero-order valence-electron chi connectivity index (χ0n) is 7.35. The van der Waals surface area contributed by atoms with E-state index in [-0.39, 0.29) is 5.82 Å². The van der Waals surface area contributed by atoms with E-state index >= 15 is 0 Å². The maximum atomic E-state index is 10.1. The molecule has 0 aliphatic carbocycles. The van der Waals surface area contributed by atoms with E-state index in [0.717, 1.165) is 10.0 Å². The Bertz CT molecular complexity index is 514. The highest BCUT2D eigenvalue weighted by molar-refractivity contribution is 9.10. The Balaban J connectivity index is 2.49. The summed E-state index contributed by atoms with van der Waals surface area (Å²) in [5.41, 5.74) is 1.19. The van der Waals surface area contributed by atoms with E-state index in [1.54, 1.807) is 0 Å². The topological polar surface area (TPSA) is 68.3 Å². The number of hydrogen-bond acceptors (Lipinski definition) is 5. The first-order valence-electron chi connectivity index (χ1n) is 3.97. The van der Waals surface area contributed by atoms with Gasteiger partial charge in [0, 0.05) is 10.0 Å². The molecule has 0 bridgehead atoms. The molecule has 1 aromatic carbocycles. The highest BCUT2D eigenvalue weighted by Crippen LogP contribution is 2.26. The van der Waals surface area contributed by atoms with Crippen LogP contribution >= 0.6 is 15.9 Å². The van der Waals surface area contributed by atoms with E-state index in [0.29, 0.717) is 5.69 Å². The predicted octanol–water partition coefficient (Wildman–Crippen LogP) is 2.47. The minimum atomic E-state index is 0.132. The smallest absolute Gasteiger partial charge is 0.242 e. The Hall–Kier alpha value is -1.78. The molecule has 0 fully saturated rings. The van der Waals surface area contributed by atoms with Crippen molar-refractivity contribution in [3.63, 3.8) is 0 Å². The van der Waals surface area contributed by atoms with Crippen LogP contribution in [0.3, 0.4) is 0 Å². The van der Waals surface area contributed by atoms with Gasteiger partial charge in [0.25, 0.3) is 0 Å². The van der Waals surface area contributed by atoms with Crippen LogP contribution in [0.4, 0.5) is 5.82 Å². The second kappa shape index (κ2) is 4.16. The number of isocyanates is 1. The number of rotatable bonds is 2. The average Bonchev–Trinajstić information content (AvgIpc) is 2.68. The lowest BCUT2D eigenvalue weighted by Crippen LogP contribution is -1.77. The van der Waals surface area contributed by atoms with Crippen molar-refractivity contribution in [3.8, 4) is 11.3 Å². The average molecular weight is 266 g/mol. The van der Waals surface area contributed by atoms with Crippen LogP contribution in [0.2, 0.25) is 0 Å². The molecule has 5 nitrogen and oxygen atoms in total. The van der Waals surface area contributed by atoms with Gasteiger partial charge in [-0.15, -0.1) is 4.99 Å². The molecule has 6 heteroatoms. The Kier molecular flexibility index (Phi) is 2.71. The molecule has 0 amide bonds. The number of carbonyl (C=O) groups excluding carboxylic acids is 1. The molecule has 2 aromatic rings. The van der Waals surface area contributed by atoms with Crippen molar-refractivity contribution in [3.05, 3.63) is 28.7 Å². The molecule has 0 unspecified atom stereocenters. The standard InChI is InChI=1S/C9H4BrN3O2/c10-7-3-1-6(2-4-7)8-9(11-5-14)13-15-12-8/h1-4H. The Labute approximate surface area is 92.9 Å². The molecule has 0 aliphatic heterocycles. The summed E-state index contributed by atoms with van der Waals surface area (Å²) >= 11 is 3.31. The summed E-state index contributed by atoms with van der Waals surface area (Å²) in [5, 5.41) is 7.14. The third-order valence-corrected chi connectivity index (χ3v) is 2.27. The van der Waals surface area contributed by atoms with Crippen LogP contribution in [0, 0.1) is 0 Å². The van der Waals surface area contributed by atoms with Crippen LogP contribution in [0.25, 0.3) is 11.3 Å². The van der Waals surface area contributed by atoms with Crippen molar-refractivity contribution in [2.45, 2.75) is 0 Å². The maximum absolute atomic E-state index is 10.1. The second-order valence-electron chi connectivity index (χ2n) is 2.65. The largest absolute Gasteiger partial charge is 0.242 e. The molecule has 0 saturated carbocycles. The van der Waals surface area contributed by atoms with Gasteiger partial charge in [-0.25, -0.2) is 9.42 Å². The third kappa shape index (κ3) is 2.01. The molecule has 74 valence electrons. The van der Waals surface area contributed by atoms with Crippen molar-refractivity contribution >= 4 is 27.8 Å². The van der Waals surface area contributed by atoms with Gasteiger partial charge < -0.3 is 0 Å². The van der Waals surface area contributed by atoms with E-state index in [4.69, 9.17) is 0 Å². The number of aliphatic imine (C=N–C) groups is 1. The van der Waals surface area contributed by atoms with Crippen LogP contribution in [0.1, 0.15) is 0 Å². The SMILES string of the molecule is O=C=Nc1nonc1-c1ccc(Br)cc1. The van der Waals surface area contributed by atoms with E-state index in [1.807, 2.05) is 24.3 Å². The minimum Gasteiger partial charge on any atom is -0.242 e. The van der Waals surface area contributed by atoms with Crippen LogP contribution < -0.4 is 0 Å². The first kappa shape index (κ1) is 9.76. The van der Waals surface area contributed by atoms with Crippen LogP contribution in [-0.2, 0) is 4.79 Å². The van der Waals surface area contributed by atoms with Crippen LogP contribution in [-0.4, -0.2) is 16.4 Å². The third-order valence-electron chi connectivity index (χ3n) is 1.74. The number of benzene rings is 1. The van der Waals surface area contributed by atoms with Gasteiger partial charge in [0.15, 0.2) is 5.69 Å². The fraction of sp³-hybridized carbons (Fsp3) is 0. The summed E-state index contributed by atoms with van der Waals surface area (Å²) in [6.07, 6.45) is 1.39. The van der Waals surface area contributed by atoms with Gasteiger partial charge in [0.05, 0.1) is 0 Å². The number of hydrogen-bond donors (Lipinski definition) is 0. The Morgan fingerprint density at radius 2 is 2.00 bits per heavy atom. The zero-order chi connectivity index (χ0) is 10.7. The van der Waals surface area contributed by atoms with Crippen molar-refractivity contribution < 1.29 is 9.42 Å². The van der Waals surface area contributed by atoms with Gasteiger partial charge in [-0.1, -0.05) is 28.1 Å². The highest BCUT2D eigenvalue weighted by Gasteiger charge is 2.10. The molecular formula is C9H4BrN3O2. The molecular weight excluding hydrogens is 262 g/mol. The molecule has 0 aliphatic rings. The molecule has 1 heterocycles. The number of aromatic nitrogens is 2. The summed E-state index contributed by atoms with van der Waals surface area (Å²) in [6, 6.07) is 7.32. The van der Waals surface area contributed by atoms with Crippen molar-refractivity contribution in [2.24, 2.45) is 4.99 Å². The maximum Gasteiger partial charge on any atom is 0.242 e. The van der Waals surface area contributed by atoms with E-state index < -0.39 is 0 Å². The molecule has 0 radical (unpaired) electrons. The van der Waals surface area contributed by atoms with Crippen LogP contribution in [0.5, 0.6) is 0 Å². The highest BCUT2D eigenvalue weighted by atomic mass is 79.9. The zero-order valence-corrected chi connectivity index (χ0v) is 8.93. The molecule has 2 rings (SSSR count). The van der Waals surface area contributed by atoms with E-state index in [1.165, 1.54) is 6.08 Å². The summed E-state index contributed by atoms with van der Waals surface area (Å²) in [7, 11) is 0. The first-order chi connectivity index (χ1) is 7.31. The number of nitrogens with zero attached hydrogens (tertiary/aromatic N) is 3. The predicted molar refractivity (Wildman–Crippen MR) is 55.2 cm³/mol. The number of halogens is 1. The first-order valence-corrected chi connectivity index (χ1v) is 4.77. The molecule has 0 N–H and O–H groups in total. The fourth-order valence-corrected chi connectivity index (χ4v) is 1.35. The molecule has 0 atom stereocenters. The minimum absolute atomic E-state index is 0.132. The van der Waals surface area contributed by atoms with E-state index in [2.05, 4.69) is 35.9 Å². The molecule has 15 heavy (non-hydrogen) atoms. The van der Waals surface area contributed by atoms with Gasteiger partial charge in [-0.05, 0) is 22.4 Å². The van der Waals surface area contributed by atoms with E-state index in [9.17, 15) is 4.79 Å². The van der Waals surface area contributed by atoms with Crippen molar-refractivity contribution in [1.82, 2.24) is 10.3 Å². The van der Waals surface area contributed by atoms with Crippen LogP contribution in [0.15, 0.2) is 38.4 Å². The monoisotopic (exact) mass is 265 g/mol. The molecule has 0 spiro atoms. The lowest BCUT2D eigenvalue weighted by Gasteiger charge is -1.94. The van der Waals surface area contributed by atoms with Gasteiger partial charge in [-0.2, -0.15) is 0 Å². The lowest BCUT2D eigenvalue weighted by atomic mass is 10.1. The second-order valence-corrected chi connectivity index (χ2v) is 3.56. The van der Waals surface area contributed by atoms with Gasteiger partial charge in [0.2, 0.25) is 11.9 Å². The molecule has 1 aromatic heterocycles. The fourth-order valence-electron chi connectivity index (χ4n) is 1.09. The lowest BCUT2D eigenvalue weighted by molar-refractivity contribution is 0.309. The summed E-state index contributed by atoms with van der Waals surface area (Å²) in [4.78, 5) is 13.5. The summed E-state index contributed by atoms with van der Waals surface area (Å²) in [5.74, 6) is 0.132. The summed E-state index contributed by atoms with van der Waals surface area (Å²) in [6.45, 7) is 0. The molecule has 0 saturated heterocycles. The van der Waals surface area contributed by atoms with Crippen molar-refractivity contribution in [2.75, 3.05) is 0 Å². The van der Waals surface area contributed by atoms with Crippen molar-refractivity contribution in [1.29, 1.82) is 0 Å². The Morgan fingerprint density at radius 3 is 2.67 bits per heavy atom. The van der Waals surface area contributed by atoms with Gasteiger partial charge >= 0.3 is 0 Å². The summed E-state index contributed by atoms with van der Waals surface area (Å²) < 4.78 is 5.45. The quantitative estimate of drug-likeness (QED) is 0.618.